The van der Waals surface area contributed by atoms with Gasteiger partial charge in [-0.1, -0.05) is 17.7 Å². The van der Waals surface area contributed by atoms with Crippen molar-refractivity contribution in [2.45, 2.75) is 26.4 Å². The molecule has 0 amide bonds. The van der Waals surface area contributed by atoms with Crippen molar-refractivity contribution < 1.29 is 9.47 Å². The Morgan fingerprint density at radius 2 is 2.14 bits per heavy atom. The molecule has 2 aromatic rings. The number of aryl methyl sites for hydroxylation is 1. The van der Waals surface area contributed by atoms with Gasteiger partial charge in [-0.2, -0.15) is 5.10 Å². The summed E-state index contributed by atoms with van der Waals surface area (Å²) >= 11 is 0. The number of benzene rings is 1. The van der Waals surface area contributed by atoms with Crippen molar-refractivity contribution >= 4 is 5.69 Å². The zero-order valence-electron chi connectivity index (χ0n) is 13.1. The molecule has 1 aromatic carbocycles. The van der Waals surface area contributed by atoms with Crippen LogP contribution in [0.5, 0.6) is 5.75 Å². The van der Waals surface area contributed by atoms with E-state index >= 15 is 0 Å². The van der Waals surface area contributed by atoms with Crippen molar-refractivity contribution in [2.24, 2.45) is 0 Å². The first kappa shape index (κ1) is 15.4. The summed E-state index contributed by atoms with van der Waals surface area (Å²) in [6.45, 7) is 5.60. The van der Waals surface area contributed by atoms with Crippen LogP contribution in [0.1, 0.15) is 24.1 Å². The number of aromatic nitrogens is 2. The molecule has 1 unspecified atom stereocenters. The maximum atomic E-state index is 5.44. The third kappa shape index (κ3) is 3.98. The van der Waals surface area contributed by atoms with E-state index in [0.717, 1.165) is 23.5 Å². The molecular formula is C16H23N3O2. The number of anilines is 1. The molecule has 0 spiro atoms. The molecule has 0 saturated carbocycles. The Morgan fingerprint density at radius 3 is 2.86 bits per heavy atom. The van der Waals surface area contributed by atoms with E-state index in [9.17, 15) is 0 Å². The molecule has 1 aromatic heterocycles. The summed E-state index contributed by atoms with van der Waals surface area (Å²) < 4.78 is 12.4. The van der Waals surface area contributed by atoms with E-state index in [4.69, 9.17) is 9.47 Å². The van der Waals surface area contributed by atoms with Gasteiger partial charge in [0, 0.05) is 18.9 Å². The van der Waals surface area contributed by atoms with Gasteiger partial charge >= 0.3 is 0 Å². The van der Waals surface area contributed by atoms with Gasteiger partial charge in [0.2, 0.25) is 0 Å². The number of ether oxygens (including phenoxy) is 2. The fourth-order valence-corrected chi connectivity index (χ4v) is 2.27. The first-order valence-electron chi connectivity index (χ1n) is 7.06. The van der Waals surface area contributed by atoms with Crippen LogP contribution in [-0.4, -0.2) is 30.6 Å². The fraction of sp³-hybridized carbons (Fsp3) is 0.438. The summed E-state index contributed by atoms with van der Waals surface area (Å²) in [5, 5.41) is 7.76. The molecule has 1 heterocycles. The zero-order chi connectivity index (χ0) is 15.2. The van der Waals surface area contributed by atoms with Crippen LogP contribution in [0.2, 0.25) is 0 Å². The van der Waals surface area contributed by atoms with Crippen molar-refractivity contribution in [3.8, 4) is 5.75 Å². The molecule has 1 N–H and O–H groups in total. The highest BCUT2D eigenvalue weighted by atomic mass is 16.5. The number of methoxy groups -OCH3 is 2. The molecule has 0 radical (unpaired) electrons. The van der Waals surface area contributed by atoms with Crippen LogP contribution in [0.3, 0.4) is 0 Å². The second-order valence-corrected chi connectivity index (χ2v) is 5.10. The minimum Gasteiger partial charge on any atom is -0.496 e. The first-order valence-corrected chi connectivity index (χ1v) is 7.06. The predicted octanol–water partition coefficient (Wildman–Crippen LogP) is 3.02. The molecule has 0 fully saturated rings. The van der Waals surface area contributed by atoms with Gasteiger partial charge in [-0.15, -0.1) is 0 Å². The van der Waals surface area contributed by atoms with Crippen molar-refractivity contribution in [3.05, 3.63) is 41.7 Å². The highest BCUT2D eigenvalue weighted by Crippen LogP contribution is 2.28. The van der Waals surface area contributed by atoms with Gasteiger partial charge in [-0.3, -0.25) is 4.68 Å². The van der Waals surface area contributed by atoms with Crippen molar-refractivity contribution in [1.82, 2.24) is 9.78 Å². The van der Waals surface area contributed by atoms with E-state index in [1.54, 1.807) is 14.2 Å². The molecule has 5 nitrogen and oxygen atoms in total. The predicted molar refractivity (Wildman–Crippen MR) is 83.9 cm³/mol. The summed E-state index contributed by atoms with van der Waals surface area (Å²) in [6, 6.07) is 6.34. The van der Waals surface area contributed by atoms with E-state index < -0.39 is 0 Å². The topological polar surface area (TPSA) is 48.3 Å². The molecule has 5 heteroatoms. The number of nitrogens with zero attached hydrogens (tertiary/aromatic N) is 2. The first-order chi connectivity index (χ1) is 10.1. The van der Waals surface area contributed by atoms with E-state index in [1.165, 1.54) is 5.56 Å². The van der Waals surface area contributed by atoms with Crippen LogP contribution in [0, 0.1) is 6.92 Å². The van der Waals surface area contributed by atoms with Gasteiger partial charge in [0.25, 0.3) is 0 Å². The molecule has 1 atom stereocenters. The van der Waals surface area contributed by atoms with Crippen molar-refractivity contribution in [3.63, 3.8) is 0 Å². The third-order valence-electron chi connectivity index (χ3n) is 3.39. The number of hydrogen-bond acceptors (Lipinski definition) is 4. The molecule has 2 rings (SSSR count). The van der Waals surface area contributed by atoms with E-state index in [1.807, 2.05) is 23.1 Å². The van der Waals surface area contributed by atoms with Gasteiger partial charge in [0.05, 0.1) is 38.2 Å². The second-order valence-electron chi connectivity index (χ2n) is 5.10. The normalized spacial score (nSPS) is 12.2. The standard InChI is InChI=1S/C16H23N3O2/c1-12-5-6-16(21-4)15(9-12)13(2)18-14-10-17-19(11-14)7-8-20-3/h5-6,9-11,13,18H,7-8H2,1-4H3. The Hall–Kier alpha value is -2.01. The summed E-state index contributed by atoms with van der Waals surface area (Å²) in [7, 11) is 3.39. The molecule has 0 aliphatic carbocycles. The lowest BCUT2D eigenvalue weighted by atomic mass is 10.0. The van der Waals surface area contributed by atoms with Gasteiger partial charge in [-0.05, 0) is 19.9 Å². The smallest absolute Gasteiger partial charge is 0.124 e. The van der Waals surface area contributed by atoms with E-state index in [-0.39, 0.29) is 6.04 Å². The van der Waals surface area contributed by atoms with Gasteiger partial charge < -0.3 is 14.8 Å². The Labute approximate surface area is 125 Å². The SMILES string of the molecule is COCCn1cc(NC(C)c2cc(C)ccc2OC)cn1. The highest BCUT2D eigenvalue weighted by Gasteiger charge is 2.12. The summed E-state index contributed by atoms with van der Waals surface area (Å²) in [5.41, 5.74) is 3.35. The molecule has 0 bridgehead atoms. The van der Waals surface area contributed by atoms with Gasteiger partial charge in [0.15, 0.2) is 0 Å². The fourth-order valence-electron chi connectivity index (χ4n) is 2.27. The molecule has 0 aliphatic rings. The van der Waals surface area contributed by atoms with Crippen LogP contribution < -0.4 is 10.1 Å². The van der Waals surface area contributed by atoms with Crippen molar-refractivity contribution in [1.29, 1.82) is 0 Å². The zero-order valence-corrected chi connectivity index (χ0v) is 13.1. The van der Waals surface area contributed by atoms with Crippen LogP contribution in [0.4, 0.5) is 5.69 Å². The minimum absolute atomic E-state index is 0.139. The molecule has 114 valence electrons. The van der Waals surface area contributed by atoms with Gasteiger partial charge in [-0.25, -0.2) is 0 Å². The number of hydrogen-bond donors (Lipinski definition) is 1. The lowest BCUT2D eigenvalue weighted by molar-refractivity contribution is 0.183. The Morgan fingerprint density at radius 1 is 1.33 bits per heavy atom. The molecular weight excluding hydrogens is 266 g/mol. The maximum Gasteiger partial charge on any atom is 0.124 e. The van der Waals surface area contributed by atoms with Gasteiger partial charge in [0.1, 0.15) is 5.75 Å². The lowest BCUT2D eigenvalue weighted by Gasteiger charge is -2.18. The maximum absolute atomic E-state index is 5.44. The average Bonchev–Trinajstić information content (AvgIpc) is 2.92. The molecule has 21 heavy (non-hydrogen) atoms. The summed E-state index contributed by atoms with van der Waals surface area (Å²) in [6.07, 6.45) is 3.81. The monoisotopic (exact) mass is 289 g/mol. The summed E-state index contributed by atoms with van der Waals surface area (Å²) in [5.74, 6) is 0.896. The highest BCUT2D eigenvalue weighted by molar-refractivity contribution is 5.46. The van der Waals surface area contributed by atoms with Crippen molar-refractivity contribution in [2.75, 3.05) is 26.1 Å². The minimum atomic E-state index is 0.139. The molecule has 0 saturated heterocycles. The average molecular weight is 289 g/mol. The summed E-state index contributed by atoms with van der Waals surface area (Å²) in [4.78, 5) is 0. The van der Waals surface area contributed by atoms with E-state index in [2.05, 4.69) is 36.4 Å². The number of rotatable bonds is 7. The van der Waals surface area contributed by atoms with E-state index in [0.29, 0.717) is 6.61 Å². The van der Waals surface area contributed by atoms with Crippen LogP contribution in [0.15, 0.2) is 30.6 Å². The Bertz CT molecular complexity index is 581. The lowest BCUT2D eigenvalue weighted by Crippen LogP contribution is -2.08. The second kappa shape index (κ2) is 7.13. The van der Waals surface area contributed by atoms with Crippen LogP contribution in [-0.2, 0) is 11.3 Å². The third-order valence-corrected chi connectivity index (χ3v) is 3.39. The Balaban J connectivity index is 2.08. The number of nitrogens with one attached hydrogen (secondary N) is 1. The van der Waals surface area contributed by atoms with Crippen LogP contribution in [0.25, 0.3) is 0 Å². The van der Waals surface area contributed by atoms with Crippen LogP contribution >= 0.6 is 0 Å². The quantitative estimate of drug-likeness (QED) is 0.851. The largest absolute Gasteiger partial charge is 0.496 e. The molecule has 0 aliphatic heterocycles. The Kier molecular flexibility index (Phi) is 5.22.